The summed E-state index contributed by atoms with van der Waals surface area (Å²) in [7, 11) is -14.0. The zero-order chi connectivity index (χ0) is 47.7. The monoisotopic (exact) mass is 1020 g/mol. The molecule has 0 bridgehead atoms. The van der Waals surface area contributed by atoms with Gasteiger partial charge in [0.1, 0.15) is 22.8 Å². The van der Waals surface area contributed by atoms with Crippen LogP contribution in [0.25, 0.3) is 0 Å². The Hall–Kier alpha value is -3.28. The number of nitrogens with one attached hydrogen (secondary N) is 2. The Morgan fingerprint density at radius 3 is 1.97 bits per heavy atom. The quantitative estimate of drug-likeness (QED) is 0.0742. The molecule has 5 rings (SSSR count). The Kier molecular flexibility index (Phi) is 18.3. The predicted molar refractivity (Wildman–Crippen MR) is 256 cm³/mol. The number of hydrogen-bond donors (Lipinski definition) is 2. The average Bonchev–Trinajstić information content (AvgIpc) is 3.76. The number of benzene rings is 2. The van der Waals surface area contributed by atoms with Gasteiger partial charge in [0.05, 0.1) is 47.9 Å². The lowest BCUT2D eigenvalue weighted by molar-refractivity contribution is 0.0635. The maximum atomic E-state index is 13.3. The summed E-state index contributed by atoms with van der Waals surface area (Å²) in [5, 5.41) is 9.53. The summed E-state index contributed by atoms with van der Waals surface area (Å²) >= 11 is 2.45. The van der Waals surface area contributed by atoms with E-state index >= 15 is 0 Å². The van der Waals surface area contributed by atoms with E-state index in [0.29, 0.717) is 58.5 Å². The molecule has 3 heterocycles. The van der Waals surface area contributed by atoms with Gasteiger partial charge in [-0.1, -0.05) is 6.92 Å². The standard InChI is InChI=1S/C25H29N2O8PS2.C15H31N2O5PSSi2/c1-4-17(2)34-21-12-18(13-22(14-21)35-20-6-8-23(9-7-20)38(3,30)31)24(28)27-25-26-19(16-37-25)15-36(29)32-10-5-11-33-36;1-15(2,3)20-14(18)17-13-16-12(11-24-13)10-23(19,21-25(4,5)6)22-26(7,8)9/h6-9,12-14,16-17H,4-5,10-11,15H2,1-3H3,(H,26,27,28);11H,10H2,1-9H3,(H,16,17,18)/t17-;/m0./s1. The van der Waals surface area contributed by atoms with Gasteiger partial charge < -0.3 is 31.7 Å². The first-order chi connectivity index (χ1) is 29.5. The van der Waals surface area contributed by atoms with Crippen LogP contribution in [0.15, 0.2) is 58.1 Å². The Bertz CT molecular complexity index is 2400. The van der Waals surface area contributed by atoms with Crippen LogP contribution in [0.5, 0.6) is 17.2 Å². The van der Waals surface area contributed by atoms with Gasteiger partial charge in [0.15, 0.2) is 36.7 Å². The zero-order valence-corrected chi connectivity index (χ0v) is 44.6. The number of amides is 2. The van der Waals surface area contributed by atoms with Gasteiger partial charge in [-0.15, -0.1) is 22.7 Å². The van der Waals surface area contributed by atoms with Crippen LogP contribution in [0.1, 0.15) is 69.2 Å². The molecule has 2 aromatic heterocycles. The molecule has 0 spiro atoms. The van der Waals surface area contributed by atoms with Crippen molar-refractivity contribution in [3.05, 3.63) is 70.2 Å². The number of thiazole rings is 2. The molecule has 1 aliphatic rings. The largest absolute Gasteiger partial charge is 0.491 e. The number of ether oxygens (including phenoxy) is 3. The van der Waals surface area contributed by atoms with Crippen molar-refractivity contribution < 1.29 is 58.8 Å². The molecule has 0 unspecified atom stereocenters. The molecule has 24 heteroatoms. The Morgan fingerprint density at radius 2 is 1.42 bits per heavy atom. The van der Waals surface area contributed by atoms with Crippen molar-refractivity contribution in [3.63, 3.8) is 0 Å². The maximum absolute atomic E-state index is 13.3. The van der Waals surface area contributed by atoms with Gasteiger partial charge in [-0.05, 0) is 116 Å². The lowest BCUT2D eigenvalue weighted by Gasteiger charge is -2.30. The minimum absolute atomic E-state index is 0.0354. The molecule has 2 amide bonds. The molecule has 0 aliphatic carbocycles. The molecule has 1 aliphatic heterocycles. The molecule has 4 aromatic rings. The third-order valence-electron chi connectivity index (χ3n) is 7.88. The van der Waals surface area contributed by atoms with Crippen LogP contribution in [-0.2, 0) is 53.5 Å². The van der Waals surface area contributed by atoms with E-state index in [9.17, 15) is 27.1 Å². The molecule has 1 saturated heterocycles. The molecule has 17 nitrogen and oxygen atoms in total. The van der Waals surface area contributed by atoms with E-state index in [0.717, 1.165) is 12.7 Å². The van der Waals surface area contributed by atoms with Crippen LogP contribution in [0.3, 0.4) is 0 Å². The minimum atomic E-state index is -3.34. The smallest absolute Gasteiger partial charge is 0.413 e. The highest BCUT2D eigenvalue weighted by Gasteiger charge is 2.37. The summed E-state index contributed by atoms with van der Waals surface area (Å²) < 4.78 is 89.0. The second-order valence-corrected chi connectivity index (χ2v) is 34.9. The molecule has 1 fully saturated rings. The summed E-state index contributed by atoms with van der Waals surface area (Å²) in [6.45, 7) is 21.9. The van der Waals surface area contributed by atoms with Crippen molar-refractivity contribution >= 4 is 86.6 Å². The van der Waals surface area contributed by atoms with E-state index in [1.165, 1.54) is 34.8 Å². The number of aromatic nitrogens is 2. The van der Waals surface area contributed by atoms with Crippen molar-refractivity contribution in [1.29, 1.82) is 0 Å². The summed E-state index contributed by atoms with van der Waals surface area (Å²) in [5.41, 5.74) is 0.764. The Labute approximate surface area is 386 Å². The van der Waals surface area contributed by atoms with Crippen LogP contribution in [0.2, 0.25) is 39.3 Å². The molecule has 1 atom stereocenters. The SMILES string of the molecule is CC(C)(C)OC(=O)Nc1nc(CP(=O)(O[Si](C)(C)C)O[Si](C)(C)C)cs1.CC[C@H](C)Oc1cc(Oc2ccc(S(C)(=O)=O)cc2)cc(C(=O)Nc2nc(CP3(=O)OCCCO3)cs2)c1. The number of nitrogens with zero attached hydrogens (tertiary/aromatic N) is 2. The van der Waals surface area contributed by atoms with Crippen molar-refractivity contribution in [2.24, 2.45) is 0 Å². The normalized spacial score (nSPS) is 15.0. The molecule has 0 saturated carbocycles. The van der Waals surface area contributed by atoms with Gasteiger partial charge >= 0.3 is 21.3 Å². The van der Waals surface area contributed by atoms with Crippen LogP contribution in [0.4, 0.5) is 15.1 Å². The molecular weight excluding hydrogens is 959 g/mol. The van der Waals surface area contributed by atoms with E-state index < -0.39 is 59.3 Å². The highest BCUT2D eigenvalue weighted by molar-refractivity contribution is 7.90. The third kappa shape index (κ3) is 18.9. The minimum Gasteiger partial charge on any atom is -0.491 e. The first-order valence-corrected chi connectivity index (χ1v) is 34.3. The fourth-order valence-electron chi connectivity index (χ4n) is 5.38. The van der Waals surface area contributed by atoms with Crippen LogP contribution in [0, 0.1) is 0 Å². The highest BCUT2D eigenvalue weighted by Crippen LogP contribution is 2.56. The highest BCUT2D eigenvalue weighted by atomic mass is 32.2. The van der Waals surface area contributed by atoms with Gasteiger partial charge in [-0.3, -0.25) is 24.6 Å². The van der Waals surface area contributed by atoms with Crippen LogP contribution < -0.4 is 20.1 Å². The Balaban J connectivity index is 0.000000303. The van der Waals surface area contributed by atoms with Gasteiger partial charge in [-0.25, -0.2) is 23.2 Å². The fraction of sp³-hybridized carbons (Fsp3) is 0.500. The third-order valence-corrected chi connectivity index (χ3v) is 19.8. The van der Waals surface area contributed by atoms with Crippen LogP contribution in [-0.4, -0.2) is 78.2 Å². The first kappa shape index (κ1) is 53.3. The van der Waals surface area contributed by atoms with E-state index in [2.05, 4.69) is 20.6 Å². The first-order valence-electron chi connectivity index (χ1n) is 20.4. The molecule has 0 radical (unpaired) electrons. The molecule has 64 heavy (non-hydrogen) atoms. The number of anilines is 2. The van der Waals surface area contributed by atoms with Crippen LogP contribution >= 0.6 is 37.9 Å². The zero-order valence-electron chi connectivity index (χ0n) is 38.3. The van der Waals surface area contributed by atoms with Gasteiger partial charge in [0, 0.05) is 28.6 Å². The average molecular weight is 1020 g/mol. The maximum Gasteiger partial charge on any atom is 0.413 e. The number of carbonyl (C=O) groups excluding carboxylic acids is 2. The van der Waals surface area contributed by atoms with Crippen molar-refractivity contribution in [2.45, 2.75) is 116 Å². The summed E-state index contributed by atoms with van der Waals surface area (Å²) in [6.07, 6.45) is 2.05. The second kappa shape index (κ2) is 22.0. The molecular formula is C40H60N4O13P2S3Si2. The summed E-state index contributed by atoms with van der Waals surface area (Å²) in [4.78, 5) is 33.8. The molecule has 2 N–H and O–H groups in total. The second-order valence-electron chi connectivity index (χ2n) is 17.7. The van der Waals surface area contributed by atoms with E-state index in [4.69, 9.17) is 31.7 Å². The van der Waals surface area contributed by atoms with E-state index in [1.54, 1.807) is 61.9 Å². The topological polar surface area (TPSA) is 217 Å². The predicted octanol–water partition coefficient (Wildman–Crippen LogP) is 11.8. The van der Waals surface area contributed by atoms with E-state index in [-0.39, 0.29) is 28.9 Å². The number of carbonyl (C=O) groups is 2. The Morgan fingerprint density at radius 1 is 0.875 bits per heavy atom. The lowest BCUT2D eigenvalue weighted by Crippen LogP contribution is -2.30. The van der Waals surface area contributed by atoms with Crippen molar-refractivity contribution in [3.8, 4) is 17.2 Å². The summed E-state index contributed by atoms with van der Waals surface area (Å²) in [6, 6.07) is 10.8. The van der Waals surface area contributed by atoms with Crippen molar-refractivity contribution in [1.82, 2.24) is 9.97 Å². The number of rotatable bonds is 17. The van der Waals surface area contributed by atoms with Gasteiger partial charge in [0.25, 0.3) is 5.91 Å². The number of hydrogen-bond acceptors (Lipinski definition) is 17. The lowest BCUT2D eigenvalue weighted by atomic mass is 10.2. The fourth-order valence-corrected chi connectivity index (χ4v) is 17.5. The number of sulfone groups is 1. The summed E-state index contributed by atoms with van der Waals surface area (Å²) in [5.74, 6) is 0.748. The van der Waals surface area contributed by atoms with Gasteiger partial charge in [0.2, 0.25) is 0 Å². The van der Waals surface area contributed by atoms with E-state index in [1.807, 2.05) is 53.1 Å². The molecule has 354 valence electrons. The van der Waals surface area contributed by atoms with Crippen molar-refractivity contribution in [2.75, 3.05) is 30.1 Å². The molecule has 2 aromatic carbocycles. The van der Waals surface area contributed by atoms with Gasteiger partial charge in [-0.2, -0.15) is 0 Å².